The van der Waals surface area contributed by atoms with Crippen molar-refractivity contribution in [2.45, 2.75) is 18.9 Å². The summed E-state index contributed by atoms with van der Waals surface area (Å²) in [5.41, 5.74) is 0.513. The van der Waals surface area contributed by atoms with Crippen molar-refractivity contribution in [2.75, 3.05) is 0 Å². The summed E-state index contributed by atoms with van der Waals surface area (Å²) in [6.07, 6.45) is 5.73. The SMILES string of the molecule is O=C(O)c1cccc(C(=O)NC2CC=CC2)c1. The summed E-state index contributed by atoms with van der Waals surface area (Å²) in [5, 5.41) is 11.7. The molecule has 88 valence electrons. The number of hydrogen-bond acceptors (Lipinski definition) is 2. The molecule has 0 spiro atoms. The number of nitrogens with one attached hydrogen (secondary N) is 1. The highest BCUT2D eigenvalue weighted by Crippen LogP contribution is 2.11. The molecule has 1 aliphatic carbocycles. The minimum atomic E-state index is -1.03. The van der Waals surface area contributed by atoms with Crippen LogP contribution in [0, 0.1) is 0 Å². The maximum Gasteiger partial charge on any atom is 0.335 e. The van der Waals surface area contributed by atoms with Crippen LogP contribution < -0.4 is 5.32 Å². The predicted molar refractivity (Wildman–Crippen MR) is 63.0 cm³/mol. The molecule has 0 fully saturated rings. The standard InChI is InChI=1S/C13H13NO3/c15-12(14-11-6-1-2-7-11)9-4-3-5-10(8-9)13(16)17/h1-5,8,11H,6-7H2,(H,14,15)(H,16,17). The van der Waals surface area contributed by atoms with Crippen LogP contribution in [0.5, 0.6) is 0 Å². The molecule has 1 aromatic rings. The number of benzene rings is 1. The van der Waals surface area contributed by atoms with Gasteiger partial charge in [0.05, 0.1) is 5.56 Å². The molecule has 0 aliphatic heterocycles. The summed E-state index contributed by atoms with van der Waals surface area (Å²) in [6.45, 7) is 0. The Labute approximate surface area is 99.0 Å². The number of carboxylic acid groups (broad SMARTS) is 1. The Morgan fingerprint density at radius 3 is 2.47 bits per heavy atom. The van der Waals surface area contributed by atoms with Gasteiger partial charge in [-0.2, -0.15) is 0 Å². The molecule has 1 aromatic carbocycles. The lowest BCUT2D eigenvalue weighted by atomic mass is 10.1. The summed E-state index contributed by atoms with van der Waals surface area (Å²) in [5.74, 6) is -1.25. The molecule has 4 heteroatoms. The van der Waals surface area contributed by atoms with E-state index in [4.69, 9.17) is 5.11 Å². The Bertz CT molecular complexity index is 471. The Morgan fingerprint density at radius 1 is 1.18 bits per heavy atom. The summed E-state index contributed by atoms with van der Waals surface area (Å²) >= 11 is 0. The zero-order valence-electron chi connectivity index (χ0n) is 9.22. The Hall–Kier alpha value is -2.10. The third kappa shape index (κ3) is 2.72. The molecule has 0 bridgehead atoms. The fraction of sp³-hybridized carbons (Fsp3) is 0.231. The van der Waals surface area contributed by atoms with Gasteiger partial charge in [0, 0.05) is 11.6 Å². The van der Waals surface area contributed by atoms with Gasteiger partial charge in [-0.25, -0.2) is 4.79 Å². The number of carbonyl (C=O) groups excluding carboxylic acids is 1. The summed E-state index contributed by atoms with van der Waals surface area (Å²) < 4.78 is 0. The minimum Gasteiger partial charge on any atom is -0.478 e. The Balaban J connectivity index is 2.08. The van der Waals surface area contributed by atoms with Crippen LogP contribution in [0.15, 0.2) is 36.4 Å². The first-order valence-electron chi connectivity index (χ1n) is 5.46. The maximum atomic E-state index is 11.8. The largest absolute Gasteiger partial charge is 0.478 e. The number of rotatable bonds is 3. The lowest BCUT2D eigenvalue weighted by Crippen LogP contribution is -2.32. The molecule has 1 aliphatic rings. The van der Waals surface area contributed by atoms with Gasteiger partial charge in [0.15, 0.2) is 0 Å². The van der Waals surface area contributed by atoms with Crippen molar-refractivity contribution in [3.05, 3.63) is 47.5 Å². The van der Waals surface area contributed by atoms with Crippen LogP contribution in [0.2, 0.25) is 0 Å². The van der Waals surface area contributed by atoms with Crippen LogP contribution in [-0.4, -0.2) is 23.0 Å². The Kier molecular flexibility index (Phi) is 3.23. The van der Waals surface area contributed by atoms with E-state index in [0.717, 1.165) is 12.8 Å². The summed E-state index contributed by atoms with van der Waals surface area (Å²) in [4.78, 5) is 22.6. The number of carboxylic acids is 1. The van der Waals surface area contributed by atoms with Crippen molar-refractivity contribution in [3.63, 3.8) is 0 Å². The average Bonchev–Trinajstić information content (AvgIpc) is 2.82. The van der Waals surface area contributed by atoms with E-state index in [1.165, 1.54) is 12.1 Å². The van der Waals surface area contributed by atoms with Gasteiger partial charge in [-0.3, -0.25) is 4.79 Å². The van der Waals surface area contributed by atoms with E-state index in [0.29, 0.717) is 5.56 Å². The highest BCUT2D eigenvalue weighted by atomic mass is 16.4. The normalized spacial score (nSPS) is 14.8. The van der Waals surface area contributed by atoms with Gasteiger partial charge in [-0.1, -0.05) is 18.2 Å². The van der Waals surface area contributed by atoms with E-state index in [1.807, 2.05) is 12.2 Å². The molecular formula is C13H13NO3. The molecule has 4 nitrogen and oxygen atoms in total. The highest BCUT2D eigenvalue weighted by Gasteiger charge is 2.15. The van der Waals surface area contributed by atoms with Crippen LogP contribution in [0.4, 0.5) is 0 Å². The van der Waals surface area contributed by atoms with E-state index in [-0.39, 0.29) is 17.5 Å². The van der Waals surface area contributed by atoms with Crippen molar-refractivity contribution in [1.82, 2.24) is 5.32 Å². The second-order valence-corrected chi connectivity index (χ2v) is 4.00. The fourth-order valence-corrected chi connectivity index (χ4v) is 1.80. The first kappa shape index (κ1) is 11.4. The highest BCUT2D eigenvalue weighted by molar-refractivity contribution is 5.97. The molecule has 0 saturated carbocycles. The van der Waals surface area contributed by atoms with Crippen LogP contribution in [0.25, 0.3) is 0 Å². The second-order valence-electron chi connectivity index (χ2n) is 4.00. The minimum absolute atomic E-state index is 0.127. The smallest absolute Gasteiger partial charge is 0.335 e. The van der Waals surface area contributed by atoms with E-state index in [1.54, 1.807) is 12.1 Å². The topological polar surface area (TPSA) is 66.4 Å². The van der Waals surface area contributed by atoms with Crippen molar-refractivity contribution in [1.29, 1.82) is 0 Å². The Morgan fingerprint density at radius 2 is 1.82 bits per heavy atom. The fourth-order valence-electron chi connectivity index (χ4n) is 1.80. The van der Waals surface area contributed by atoms with Gasteiger partial charge < -0.3 is 10.4 Å². The predicted octanol–water partition coefficient (Wildman–Crippen LogP) is 1.83. The van der Waals surface area contributed by atoms with Gasteiger partial charge in [0.1, 0.15) is 0 Å². The summed E-state index contributed by atoms with van der Waals surface area (Å²) in [6, 6.07) is 6.18. The van der Waals surface area contributed by atoms with Crippen LogP contribution in [0.3, 0.4) is 0 Å². The summed E-state index contributed by atoms with van der Waals surface area (Å²) in [7, 11) is 0. The molecule has 0 atom stereocenters. The van der Waals surface area contributed by atoms with Crippen molar-refractivity contribution in [2.24, 2.45) is 0 Å². The third-order valence-electron chi connectivity index (χ3n) is 2.71. The lowest BCUT2D eigenvalue weighted by Gasteiger charge is -2.12. The van der Waals surface area contributed by atoms with Crippen molar-refractivity contribution in [3.8, 4) is 0 Å². The molecule has 2 N–H and O–H groups in total. The molecule has 17 heavy (non-hydrogen) atoms. The molecule has 2 rings (SSSR count). The van der Waals surface area contributed by atoms with E-state index in [2.05, 4.69) is 5.32 Å². The quantitative estimate of drug-likeness (QED) is 0.780. The molecular weight excluding hydrogens is 218 g/mol. The van der Waals surface area contributed by atoms with Gasteiger partial charge in [0.2, 0.25) is 0 Å². The third-order valence-corrected chi connectivity index (χ3v) is 2.71. The number of carbonyl (C=O) groups is 2. The molecule has 0 heterocycles. The number of amides is 1. The molecule has 0 aromatic heterocycles. The first-order chi connectivity index (χ1) is 8.16. The van der Waals surface area contributed by atoms with Crippen molar-refractivity contribution >= 4 is 11.9 Å². The van der Waals surface area contributed by atoms with Crippen LogP contribution in [0.1, 0.15) is 33.6 Å². The van der Waals surface area contributed by atoms with E-state index < -0.39 is 5.97 Å². The molecule has 0 radical (unpaired) electrons. The van der Waals surface area contributed by atoms with Gasteiger partial charge >= 0.3 is 5.97 Å². The first-order valence-corrected chi connectivity index (χ1v) is 5.46. The molecule has 1 amide bonds. The average molecular weight is 231 g/mol. The lowest BCUT2D eigenvalue weighted by molar-refractivity contribution is 0.0697. The maximum absolute atomic E-state index is 11.8. The van der Waals surface area contributed by atoms with Crippen molar-refractivity contribution < 1.29 is 14.7 Å². The van der Waals surface area contributed by atoms with Gasteiger partial charge in [0.25, 0.3) is 5.91 Å². The molecule has 0 saturated heterocycles. The van der Waals surface area contributed by atoms with Gasteiger partial charge in [-0.15, -0.1) is 0 Å². The van der Waals surface area contributed by atoms with Crippen LogP contribution >= 0.6 is 0 Å². The zero-order valence-corrected chi connectivity index (χ0v) is 9.22. The second kappa shape index (κ2) is 4.82. The van der Waals surface area contributed by atoms with E-state index >= 15 is 0 Å². The molecule has 0 unspecified atom stereocenters. The number of hydrogen-bond donors (Lipinski definition) is 2. The zero-order chi connectivity index (χ0) is 12.3. The monoisotopic (exact) mass is 231 g/mol. The van der Waals surface area contributed by atoms with Crippen LogP contribution in [-0.2, 0) is 0 Å². The van der Waals surface area contributed by atoms with Gasteiger partial charge in [-0.05, 0) is 31.0 Å². The number of aromatic carboxylic acids is 1. The van der Waals surface area contributed by atoms with E-state index in [9.17, 15) is 9.59 Å².